The van der Waals surface area contributed by atoms with Crippen LogP contribution in [-0.4, -0.2) is 60.7 Å². The smallest absolute Gasteiger partial charge is 0.410 e. The molecule has 6 nitrogen and oxygen atoms in total. The van der Waals surface area contributed by atoms with Gasteiger partial charge in [-0.05, 0) is 86.4 Å². The van der Waals surface area contributed by atoms with Crippen LogP contribution in [0.3, 0.4) is 0 Å². The largest absolute Gasteiger partial charge is 0.484 e. The summed E-state index contributed by atoms with van der Waals surface area (Å²) < 4.78 is 12.1. The molecule has 1 aliphatic heterocycles. The molecule has 0 N–H and O–H groups in total. The minimum atomic E-state index is -0.488. The van der Waals surface area contributed by atoms with Crippen molar-refractivity contribution in [2.24, 2.45) is 5.92 Å². The molecule has 7 heteroatoms. The molecule has 0 bridgehead atoms. The van der Waals surface area contributed by atoms with Crippen molar-refractivity contribution in [3.8, 4) is 5.75 Å². The Kier molecular flexibility index (Phi) is 7.76. The Balaban J connectivity index is 1.71. The molecule has 0 aliphatic carbocycles. The van der Waals surface area contributed by atoms with E-state index in [-0.39, 0.29) is 18.6 Å². The Morgan fingerprint density at radius 1 is 1.19 bits per heavy atom. The lowest BCUT2D eigenvalue weighted by Gasteiger charge is -2.34. The molecule has 27 heavy (non-hydrogen) atoms. The SMILES string of the molecule is CN(CC1CCN(C(=O)COc2ccc(I)cc2)CC1)C(=O)OC(C)(C)C. The van der Waals surface area contributed by atoms with Gasteiger partial charge in [-0.25, -0.2) is 4.79 Å². The molecule has 0 saturated carbocycles. The first-order valence-corrected chi connectivity index (χ1v) is 10.3. The molecule has 2 amide bonds. The molecule has 150 valence electrons. The number of carbonyl (C=O) groups is 2. The topological polar surface area (TPSA) is 59.1 Å². The maximum atomic E-state index is 12.3. The Hall–Kier alpha value is -1.51. The summed E-state index contributed by atoms with van der Waals surface area (Å²) in [5.74, 6) is 1.09. The van der Waals surface area contributed by atoms with E-state index in [9.17, 15) is 9.59 Å². The predicted octanol–water partition coefficient (Wildman–Crippen LogP) is 3.78. The highest BCUT2D eigenvalue weighted by molar-refractivity contribution is 14.1. The van der Waals surface area contributed by atoms with Crippen LogP contribution in [0.25, 0.3) is 0 Å². The molecule has 1 aromatic rings. The zero-order chi connectivity index (χ0) is 20.0. The summed E-state index contributed by atoms with van der Waals surface area (Å²) >= 11 is 2.23. The van der Waals surface area contributed by atoms with Gasteiger partial charge in [-0.3, -0.25) is 4.79 Å². The van der Waals surface area contributed by atoms with Crippen molar-refractivity contribution < 1.29 is 19.1 Å². The van der Waals surface area contributed by atoms with Crippen LogP contribution < -0.4 is 4.74 Å². The molecule has 2 rings (SSSR count). The fraction of sp³-hybridized carbons (Fsp3) is 0.600. The molecular formula is C20H29IN2O4. The summed E-state index contributed by atoms with van der Waals surface area (Å²) in [5.41, 5.74) is -0.488. The first-order valence-electron chi connectivity index (χ1n) is 9.24. The first-order chi connectivity index (χ1) is 12.6. The van der Waals surface area contributed by atoms with Gasteiger partial charge in [-0.2, -0.15) is 0 Å². The summed E-state index contributed by atoms with van der Waals surface area (Å²) in [6, 6.07) is 7.64. The van der Waals surface area contributed by atoms with Crippen molar-refractivity contribution in [2.75, 3.05) is 33.3 Å². The van der Waals surface area contributed by atoms with Gasteiger partial charge in [0.1, 0.15) is 11.4 Å². The third kappa shape index (κ3) is 7.56. The van der Waals surface area contributed by atoms with E-state index in [4.69, 9.17) is 9.47 Å². The van der Waals surface area contributed by atoms with Crippen molar-refractivity contribution in [1.29, 1.82) is 0 Å². The van der Waals surface area contributed by atoms with Gasteiger partial charge in [0.2, 0.25) is 0 Å². The van der Waals surface area contributed by atoms with E-state index in [0.717, 1.165) is 16.4 Å². The van der Waals surface area contributed by atoms with Gasteiger partial charge in [0.15, 0.2) is 6.61 Å². The molecule has 0 atom stereocenters. The standard InChI is InChI=1S/C20H29IN2O4/c1-20(2,3)27-19(25)22(4)13-15-9-11-23(12-10-15)18(24)14-26-17-7-5-16(21)6-8-17/h5-8,15H,9-14H2,1-4H3. The molecule has 0 aromatic heterocycles. The van der Waals surface area contributed by atoms with Crippen molar-refractivity contribution in [1.82, 2.24) is 9.80 Å². The summed E-state index contributed by atoms with van der Waals surface area (Å²) in [4.78, 5) is 27.9. The Labute approximate surface area is 175 Å². The number of hydrogen-bond acceptors (Lipinski definition) is 4. The average molecular weight is 488 g/mol. The second-order valence-electron chi connectivity index (χ2n) is 7.93. The molecule has 1 aromatic carbocycles. The lowest BCUT2D eigenvalue weighted by atomic mass is 9.96. The van der Waals surface area contributed by atoms with Crippen molar-refractivity contribution in [2.45, 2.75) is 39.2 Å². The van der Waals surface area contributed by atoms with E-state index in [1.807, 2.05) is 49.9 Å². The summed E-state index contributed by atoms with van der Waals surface area (Å²) in [6.45, 7) is 7.69. The number of likely N-dealkylation sites (tertiary alicyclic amines) is 1. The average Bonchev–Trinajstić information content (AvgIpc) is 2.60. The number of amides is 2. The van der Waals surface area contributed by atoms with Crippen LogP contribution in [0.5, 0.6) is 5.75 Å². The van der Waals surface area contributed by atoms with Gasteiger partial charge in [0.05, 0.1) is 0 Å². The van der Waals surface area contributed by atoms with E-state index in [0.29, 0.717) is 31.3 Å². The lowest BCUT2D eigenvalue weighted by Crippen LogP contribution is -2.44. The number of ether oxygens (including phenoxy) is 2. The Morgan fingerprint density at radius 2 is 1.78 bits per heavy atom. The van der Waals surface area contributed by atoms with Gasteiger partial charge in [-0.1, -0.05) is 0 Å². The second-order valence-corrected chi connectivity index (χ2v) is 9.17. The highest BCUT2D eigenvalue weighted by atomic mass is 127. The van der Waals surface area contributed by atoms with Gasteiger partial charge in [-0.15, -0.1) is 0 Å². The molecule has 1 aliphatic rings. The molecule has 1 saturated heterocycles. The quantitative estimate of drug-likeness (QED) is 0.593. The van der Waals surface area contributed by atoms with Crippen LogP contribution >= 0.6 is 22.6 Å². The van der Waals surface area contributed by atoms with E-state index < -0.39 is 5.60 Å². The van der Waals surface area contributed by atoms with Crippen molar-refractivity contribution in [3.63, 3.8) is 0 Å². The van der Waals surface area contributed by atoms with Crippen molar-refractivity contribution >= 4 is 34.6 Å². The number of piperidine rings is 1. The van der Waals surface area contributed by atoms with Crippen LogP contribution in [0.15, 0.2) is 24.3 Å². The van der Waals surface area contributed by atoms with Crippen LogP contribution in [0.4, 0.5) is 4.79 Å². The summed E-state index contributed by atoms with van der Waals surface area (Å²) in [7, 11) is 1.76. The third-order valence-corrected chi connectivity index (χ3v) is 5.10. The summed E-state index contributed by atoms with van der Waals surface area (Å²) in [6.07, 6.45) is 1.46. The monoisotopic (exact) mass is 488 g/mol. The highest BCUT2D eigenvalue weighted by Crippen LogP contribution is 2.20. The number of rotatable bonds is 5. The van der Waals surface area contributed by atoms with Gasteiger partial charge >= 0.3 is 6.09 Å². The maximum absolute atomic E-state index is 12.3. The maximum Gasteiger partial charge on any atom is 0.410 e. The number of hydrogen-bond donors (Lipinski definition) is 0. The number of halogens is 1. The van der Waals surface area contributed by atoms with Gasteiger partial charge < -0.3 is 19.3 Å². The number of carbonyl (C=O) groups excluding carboxylic acids is 2. The Morgan fingerprint density at radius 3 is 2.33 bits per heavy atom. The molecule has 0 unspecified atom stereocenters. The van der Waals surface area contributed by atoms with E-state index in [1.165, 1.54) is 0 Å². The minimum Gasteiger partial charge on any atom is -0.484 e. The van der Waals surface area contributed by atoms with E-state index in [1.54, 1.807) is 11.9 Å². The summed E-state index contributed by atoms with van der Waals surface area (Å²) in [5, 5.41) is 0. The Bertz CT molecular complexity index is 634. The fourth-order valence-electron chi connectivity index (χ4n) is 2.93. The van der Waals surface area contributed by atoms with Gasteiger partial charge in [0.25, 0.3) is 5.91 Å². The third-order valence-electron chi connectivity index (χ3n) is 4.38. The van der Waals surface area contributed by atoms with E-state index in [2.05, 4.69) is 22.6 Å². The minimum absolute atomic E-state index is 0.00694. The van der Waals surface area contributed by atoms with Crippen molar-refractivity contribution in [3.05, 3.63) is 27.8 Å². The highest BCUT2D eigenvalue weighted by Gasteiger charge is 2.26. The van der Waals surface area contributed by atoms with Crippen LogP contribution in [0, 0.1) is 9.49 Å². The first kappa shape index (κ1) is 21.8. The van der Waals surface area contributed by atoms with Crippen LogP contribution in [0.2, 0.25) is 0 Å². The molecule has 0 spiro atoms. The van der Waals surface area contributed by atoms with Crippen LogP contribution in [-0.2, 0) is 9.53 Å². The second kappa shape index (κ2) is 9.61. The predicted molar refractivity (Wildman–Crippen MR) is 113 cm³/mol. The lowest BCUT2D eigenvalue weighted by molar-refractivity contribution is -0.134. The molecule has 0 radical (unpaired) electrons. The molecular weight excluding hydrogens is 459 g/mol. The fourth-order valence-corrected chi connectivity index (χ4v) is 3.29. The zero-order valence-electron chi connectivity index (χ0n) is 16.5. The molecule has 1 heterocycles. The number of nitrogens with zero attached hydrogens (tertiary/aromatic N) is 2. The van der Waals surface area contributed by atoms with Gasteiger partial charge in [0, 0.05) is 30.3 Å². The normalized spacial score (nSPS) is 15.4. The number of benzene rings is 1. The van der Waals surface area contributed by atoms with E-state index >= 15 is 0 Å². The molecule has 1 fully saturated rings. The van der Waals surface area contributed by atoms with Crippen LogP contribution in [0.1, 0.15) is 33.6 Å². The zero-order valence-corrected chi connectivity index (χ0v) is 18.7.